The lowest BCUT2D eigenvalue weighted by molar-refractivity contribution is 0.309. The van der Waals surface area contributed by atoms with Crippen molar-refractivity contribution < 1.29 is 9.13 Å². The molecule has 1 aromatic heterocycles. The average molecular weight is 329 g/mol. The molecular weight excluding hydrogens is 313 g/mol. The summed E-state index contributed by atoms with van der Waals surface area (Å²) in [5, 5.41) is 0.415. The molecule has 4 aromatic rings. The molecule has 1 heterocycles. The Balaban J connectivity index is 1.80. The first-order valence-electron chi connectivity index (χ1n) is 8.13. The molecule has 0 aliphatic heterocycles. The standard InChI is InChI=1S/C22H16FNO/c23-18-12-7-13-19-22(18)21(25-15-16-8-3-1-4-9-16)14-20(24-19)17-10-5-2-6-11-17/h1-14H,15H2. The normalized spacial score (nSPS) is 10.8. The van der Waals surface area contributed by atoms with Crippen LogP contribution >= 0.6 is 0 Å². The summed E-state index contributed by atoms with van der Waals surface area (Å²) in [4.78, 5) is 4.60. The maximum absolute atomic E-state index is 14.4. The molecule has 0 saturated carbocycles. The second kappa shape index (κ2) is 6.73. The lowest BCUT2D eigenvalue weighted by Crippen LogP contribution is -1.98. The van der Waals surface area contributed by atoms with Gasteiger partial charge in [0.2, 0.25) is 0 Å². The number of hydrogen-bond donors (Lipinski definition) is 0. The van der Waals surface area contributed by atoms with Gasteiger partial charge in [-0.1, -0.05) is 66.7 Å². The van der Waals surface area contributed by atoms with Crippen LogP contribution in [0.2, 0.25) is 0 Å². The Morgan fingerprint density at radius 1 is 0.800 bits per heavy atom. The number of benzene rings is 3. The Morgan fingerprint density at radius 2 is 1.52 bits per heavy atom. The quantitative estimate of drug-likeness (QED) is 0.485. The van der Waals surface area contributed by atoms with Crippen LogP contribution in [0.5, 0.6) is 5.75 Å². The van der Waals surface area contributed by atoms with Crippen molar-refractivity contribution in [1.82, 2.24) is 4.98 Å². The van der Waals surface area contributed by atoms with Crippen LogP contribution < -0.4 is 4.74 Å². The number of nitrogens with zero attached hydrogens (tertiary/aromatic N) is 1. The van der Waals surface area contributed by atoms with Crippen molar-refractivity contribution in [3.63, 3.8) is 0 Å². The highest BCUT2D eigenvalue weighted by atomic mass is 19.1. The first kappa shape index (κ1) is 15.3. The minimum absolute atomic E-state index is 0.326. The molecular formula is C22H16FNO. The van der Waals surface area contributed by atoms with Gasteiger partial charge >= 0.3 is 0 Å². The van der Waals surface area contributed by atoms with Gasteiger partial charge < -0.3 is 4.74 Å². The summed E-state index contributed by atoms with van der Waals surface area (Å²) < 4.78 is 20.4. The topological polar surface area (TPSA) is 22.1 Å². The number of halogens is 1. The third-order valence-electron chi connectivity index (χ3n) is 4.05. The molecule has 0 saturated heterocycles. The third kappa shape index (κ3) is 3.22. The van der Waals surface area contributed by atoms with E-state index in [-0.39, 0.29) is 5.82 Å². The van der Waals surface area contributed by atoms with E-state index in [1.807, 2.05) is 66.7 Å². The van der Waals surface area contributed by atoms with Gasteiger partial charge in [0, 0.05) is 11.6 Å². The van der Waals surface area contributed by atoms with E-state index in [9.17, 15) is 4.39 Å². The second-order valence-corrected chi connectivity index (χ2v) is 5.78. The lowest BCUT2D eigenvalue weighted by atomic mass is 10.1. The molecule has 25 heavy (non-hydrogen) atoms. The molecule has 2 nitrogen and oxygen atoms in total. The summed E-state index contributed by atoms with van der Waals surface area (Å²) in [6, 6.07) is 26.4. The van der Waals surface area contributed by atoms with Crippen LogP contribution in [-0.4, -0.2) is 4.98 Å². The molecule has 0 atom stereocenters. The monoisotopic (exact) mass is 329 g/mol. The minimum atomic E-state index is -0.326. The van der Waals surface area contributed by atoms with Crippen LogP contribution in [0.25, 0.3) is 22.2 Å². The van der Waals surface area contributed by atoms with E-state index in [2.05, 4.69) is 4.98 Å². The van der Waals surface area contributed by atoms with E-state index in [4.69, 9.17) is 4.74 Å². The molecule has 0 unspecified atom stereocenters. The highest BCUT2D eigenvalue weighted by Gasteiger charge is 2.12. The number of rotatable bonds is 4. The van der Waals surface area contributed by atoms with Gasteiger partial charge in [-0.3, -0.25) is 0 Å². The molecule has 3 aromatic carbocycles. The predicted molar refractivity (Wildman–Crippen MR) is 97.9 cm³/mol. The fraction of sp³-hybridized carbons (Fsp3) is 0.0455. The Hall–Kier alpha value is -3.20. The van der Waals surface area contributed by atoms with Crippen molar-refractivity contribution in [2.24, 2.45) is 0 Å². The fourth-order valence-electron chi connectivity index (χ4n) is 2.81. The number of fused-ring (bicyclic) bond motifs is 1. The zero-order valence-corrected chi connectivity index (χ0v) is 13.5. The SMILES string of the molecule is Fc1cccc2nc(-c3ccccc3)cc(OCc3ccccc3)c12. The fourth-order valence-corrected chi connectivity index (χ4v) is 2.81. The summed E-state index contributed by atoms with van der Waals surface area (Å²) >= 11 is 0. The van der Waals surface area contributed by atoms with Gasteiger partial charge in [0.05, 0.1) is 16.6 Å². The summed E-state index contributed by atoms with van der Waals surface area (Å²) in [5.41, 5.74) is 3.36. The molecule has 0 N–H and O–H groups in total. The largest absolute Gasteiger partial charge is 0.488 e. The molecule has 0 aliphatic carbocycles. The van der Waals surface area contributed by atoms with E-state index in [1.165, 1.54) is 6.07 Å². The van der Waals surface area contributed by atoms with Gasteiger partial charge in [0.15, 0.2) is 0 Å². The van der Waals surface area contributed by atoms with Crippen LogP contribution in [0.4, 0.5) is 4.39 Å². The molecule has 0 fully saturated rings. The van der Waals surface area contributed by atoms with Gasteiger partial charge in [0.1, 0.15) is 18.2 Å². The number of aromatic nitrogens is 1. The van der Waals surface area contributed by atoms with Crippen molar-refractivity contribution in [3.05, 3.63) is 96.3 Å². The van der Waals surface area contributed by atoms with Gasteiger partial charge in [-0.25, -0.2) is 9.37 Å². The number of pyridine rings is 1. The van der Waals surface area contributed by atoms with Crippen LogP contribution in [-0.2, 0) is 6.61 Å². The van der Waals surface area contributed by atoms with Gasteiger partial charge in [0.25, 0.3) is 0 Å². The van der Waals surface area contributed by atoms with E-state index in [0.29, 0.717) is 23.3 Å². The molecule has 122 valence electrons. The van der Waals surface area contributed by atoms with Gasteiger partial charge in [-0.05, 0) is 17.7 Å². The highest BCUT2D eigenvalue weighted by molar-refractivity contribution is 5.88. The average Bonchev–Trinajstić information content (AvgIpc) is 2.67. The smallest absolute Gasteiger partial charge is 0.136 e. The van der Waals surface area contributed by atoms with E-state index < -0.39 is 0 Å². The predicted octanol–water partition coefficient (Wildman–Crippen LogP) is 5.62. The number of hydrogen-bond acceptors (Lipinski definition) is 2. The Bertz CT molecular complexity index is 1000. The van der Waals surface area contributed by atoms with E-state index in [0.717, 1.165) is 16.8 Å². The Morgan fingerprint density at radius 3 is 2.28 bits per heavy atom. The van der Waals surface area contributed by atoms with Crippen molar-refractivity contribution in [2.75, 3.05) is 0 Å². The van der Waals surface area contributed by atoms with Gasteiger partial charge in [-0.2, -0.15) is 0 Å². The zero-order chi connectivity index (χ0) is 17.1. The molecule has 0 spiro atoms. The van der Waals surface area contributed by atoms with E-state index in [1.54, 1.807) is 12.1 Å². The molecule has 3 heteroatoms. The van der Waals surface area contributed by atoms with Crippen LogP contribution in [0.15, 0.2) is 84.9 Å². The Kier molecular flexibility index (Phi) is 4.13. The third-order valence-corrected chi connectivity index (χ3v) is 4.05. The minimum Gasteiger partial charge on any atom is -0.488 e. The second-order valence-electron chi connectivity index (χ2n) is 5.78. The van der Waals surface area contributed by atoms with Crippen LogP contribution in [0.1, 0.15) is 5.56 Å². The molecule has 0 amide bonds. The van der Waals surface area contributed by atoms with Crippen molar-refractivity contribution in [3.8, 4) is 17.0 Å². The summed E-state index contributed by atoms with van der Waals surface area (Å²) in [6.45, 7) is 0.377. The van der Waals surface area contributed by atoms with Crippen molar-refractivity contribution in [1.29, 1.82) is 0 Å². The maximum Gasteiger partial charge on any atom is 0.136 e. The summed E-state index contributed by atoms with van der Waals surface area (Å²) in [7, 11) is 0. The zero-order valence-electron chi connectivity index (χ0n) is 13.5. The molecule has 0 radical (unpaired) electrons. The summed E-state index contributed by atoms with van der Waals surface area (Å²) in [6.07, 6.45) is 0. The molecule has 4 rings (SSSR count). The first-order valence-corrected chi connectivity index (χ1v) is 8.13. The first-order chi connectivity index (χ1) is 12.3. The van der Waals surface area contributed by atoms with E-state index >= 15 is 0 Å². The molecule has 0 aliphatic rings. The summed E-state index contributed by atoms with van der Waals surface area (Å²) in [5.74, 6) is 0.179. The van der Waals surface area contributed by atoms with Crippen molar-refractivity contribution >= 4 is 10.9 Å². The molecule has 0 bridgehead atoms. The van der Waals surface area contributed by atoms with Crippen LogP contribution in [0, 0.1) is 5.82 Å². The lowest BCUT2D eigenvalue weighted by Gasteiger charge is -2.12. The maximum atomic E-state index is 14.4. The van der Waals surface area contributed by atoms with Crippen LogP contribution in [0.3, 0.4) is 0 Å². The van der Waals surface area contributed by atoms with Gasteiger partial charge in [-0.15, -0.1) is 0 Å². The Labute approximate surface area is 145 Å². The highest BCUT2D eigenvalue weighted by Crippen LogP contribution is 2.32. The number of ether oxygens (including phenoxy) is 1. The van der Waals surface area contributed by atoms with Crippen molar-refractivity contribution in [2.45, 2.75) is 6.61 Å².